The molecule has 1 aromatic carbocycles. The van der Waals surface area contributed by atoms with Crippen LogP contribution in [0.2, 0.25) is 5.15 Å². The highest BCUT2D eigenvalue weighted by Gasteiger charge is 2.38. The number of aromatic hydroxyl groups is 1. The van der Waals surface area contributed by atoms with Crippen LogP contribution < -0.4 is 4.74 Å². The van der Waals surface area contributed by atoms with Crippen molar-refractivity contribution in [3.05, 3.63) is 34.5 Å². The fourth-order valence-corrected chi connectivity index (χ4v) is 3.69. The number of aromatic nitrogens is 2. The van der Waals surface area contributed by atoms with Crippen molar-refractivity contribution in [2.24, 2.45) is 0 Å². The first-order valence-corrected chi connectivity index (χ1v) is 7.99. The molecule has 1 aromatic heterocycles. The van der Waals surface area contributed by atoms with Gasteiger partial charge in [0.05, 0.1) is 12.2 Å². The molecule has 5 nitrogen and oxygen atoms in total. The van der Waals surface area contributed by atoms with E-state index in [1.807, 2.05) is 0 Å². The Kier molecular flexibility index (Phi) is 3.77. The summed E-state index contributed by atoms with van der Waals surface area (Å²) < 4.78 is 46.6. The van der Waals surface area contributed by atoms with E-state index in [9.17, 15) is 18.3 Å². The Bertz CT molecular complexity index is 844. The average Bonchev–Trinajstić information content (AvgIpc) is 2.88. The van der Waals surface area contributed by atoms with E-state index in [0.717, 1.165) is 36.1 Å². The highest BCUT2D eigenvalue weighted by Crippen LogP contribution is 2.47. The maximum atomic E-state index is 12.3. The van der Waals surface area contributed by atoms with E-state index in [1.54, 1.807) is 0 Å². The third-order valence-electron chi connectivity index (χ3n) is 4.39. The first-order chi connectivity index (χ1) is 11.8. The second kappa shape index (κ2) is 5.74. The van der Waals surface area contributed by atoms with Crippen molar-refractivity contribution in [1.82, 2.24) is 10.2 Å². The number of phenols is 1. The fourth-order valence-electron chi connectivity index (χ4n) is 3.42. The van der Waals surface area contributed by atoms with Crippen molar-refractivity contribution in [2.45, 2.75) is 37.8 Å². The molecular formula is C16H12ClF3N2O3. The van der Waals surface area contributed by atoms with Crippen LogP contribution in [0, 0.1) is 0 Å². The van der Waals surface area contributed by atoms with Gasteiger partial charge in [-0.3, -0.25) is 0 Å². The van der Waals surface area contributed by atoms with Gasteiger partial charge in [-0.15, -0.1) is 23.4 Å². The van der Waals surface area contributed by atoms with E-state index in [0.29, 0.717) is 12.1 Å². The van der Waals surface area contributed by atoms with E-state index in [-0.39, 0.29) is 28.7 Å². The van der Waals surface area contributed by atoms with Gasteiger partial charge in [0, 0.05) is 23.6 Å². The molecule has 1 N–H and O–H groups in total. The second-order valence-corrected chi connectivity index (χ2v) is 6.34. The van der Waals surface area contributed by atoms with Crippen LogP contribution in [0.5, 0.6) is 11.5 Å². The van der Waals surface area contributed by atoms with Crippen LogP contribution >= 0.6 is 11.6 Å². The van der Waals surface area contributed by atoms with Gasteiger partial charge in [0.1, 0.15) is 17.2 Å². The van der Waals surface area contributed by atoms with Gasteiger partial charge in [-0.1, -0.05) is 11.6 Å². The standard InChI is InChI=1S/C16H12ClF3N2O3/c17-15-13-10(5-7-2-4-12(13)24-7)14(21-22-15)9-3-1-8(6-11(9)23)25-16(18,19)20/h1,3,6-7,12,23H,2,4-5H2. The first kappa shape index (κ1) is 16.4. The Hall–Kier alpha value is -2.06. The van der Waals surface area contributed by atoms with Gasteiger partial charge < -0.3 is 14.6 Å². The number of rotatable bonds is 2. The SMILES string of the molecule is Oc1cc(OC(F)(F)F)ccc1-c1nnc(Cl)c2c1CC1CCC2O1. The van der Waals surface area contributed by atoms with Crippen molar-refractivity contribution in [2.75, 3.05) is 0 Å². The summed E-state index contributed by atoms with van der Waals surface area (Å²) in [5.41, 5.74) is 2.24. The lowest BCUT2D eigenvalue weighted by Crippen LogP contribution is -2.20. The third kappa shape index (κ3) is 3.00. The topological polar surface area (TPSA) is 64.5 Å². The predicted octanol–water partition coefficient (Wildman–Crippen LogP) is 4.18. The summed E-state index contributed by atoms with van der Waals surface area (Å²) in [6.45, 7) is 0. The molecule has 2 aliphatic heterocycles. The summed E-state index contributed by atoms with van der Waals surface area (Å²) in [5, 5.41) is 18.4. The Morgan fingerprint density at radius 1 is 1.24 bits per heavy atom. The van der Waals surface area contributed by atoms with Gasteiger partial charge in [0.25, 0.3) is 0 Å². The van der Waals surface area contributed by atoms with Crippen molar-refractivity contribution >= 4 is 11.6 Å². The summed E-state index contributed by atoms with van der Waals surface area (Å²) in [6.07, 6.45) is -2.66. The molecular weight excluding hydrogens is 361 g/mol. The lowest BCUT2D eigenvalue weighted by atomic mass is 9.95. The molecule has 0 aliphatic carbocycles. The number of nitrogens with zero attached hydrogens (tertiary/aromatic N) is 2. The number of hydrogen-bond donors (Lipinski definition) is 1. The maximum Gasteiger partial charge on any atom is 0.573 e. The first-order valence-electron chi connectivity index (χ1n) is 7.61. The highest BCUT2D eigenvalue weighted by atomic mass is 35.5. The number of benzene rings is 1. The van der Waals surface area contributed by atoms with E-state index >= 15 is 0 Å². The molecule has 2 bridgehead atoms. The minimum Gasteiger partial charge on any atom is -0.507 e. The Labute approximate surface area is 145 Å². The van der Waals surface area contributed by atoms with E-state index < -0.39 is 12.1 Å². The monoisotopic (exact) mass is 372 g/mol. The molecule has 9 heteroatoms. The molecule has 4 rings (SSSR count). The summed E-state index contributed by atoms with van der Waals surface area (Å²) >= 11 is 6.17. The Morgan fingerprint density at radius 3 is 2.76 bits per heavy atom. The molecule has 2 aromatic rings. The van der Waals surface area contributed by atoms with Crippen molar-refractivity contribution in [1.29, 1.82) is 0 Å². The lowest BCUT2D eigenvalue weighted by Gasteiger charge is -2.26. The fraction of sp³-hybridized carbons (Fsp3) is 0.375. The molecule has 132 valence electrons. The van der Waals surface area contributed by atoms with Crippen molar-refractivity contribution in [3.8, 4) is 22.8 Å². The minimum absolute atomic E-state index is 0.0477. The van der Waals surface area contributed by atoms with Crippen LogP contribution in [-0.2, 0) is 11.2 Å². The van der Waals surface area contributed by atoms with Gasteiger partial charge in [0.2, 0.25) is 0 Å². The zero-order chi connectivity index (χ0) is 17.8. The zero-order valence-corrected chi connectivity index (χ0v) is 13.4. The van der Waals surface area contributed by atoms with Gasteiger partial charge in [-0.2, -0.15) is 0 Å². The van der Waals surface area contributed by atoms with Gasteiger partial charge >= 0.3 is 6.36 Å². The summed E-state index contributed by atoms with van der Waals surface area (Å²) in [4.78, 5) is 0. The Morgan fingerprint density at radius 2 is 2.04 bits per heavy atom. The number of ether oxygens (including phenoxy) is 2. The molecule has 0 spiro atoms. The average molecular weight is 373 g/mol. The molecule has 2 atom stereocenters. The number of hydrogen-bond acceptors (Lipinski definition) is 5. The predicted molar refractivity (Wildman–Crippen MR) is 81.4 cm³/mol. The molecule has 25 heavy (non-hydrogen) atoms. The second-order valence-electron chi connectivity index (χ2n) is 5.99. The minimum atomic E-state index is -4.83. The van der Waals surface area contributed by atoms with Crippen molar-refractivity contribution in [3.63, 3.8) is 0 Å². The largest absolute Gasteiger partial charge is 0.573 e. The number of phenolic OH excluding ortho intramolecular Hbond substituents is 1. The normalized spacial score (nSPS) is 21.9. The number of fused-ring (bicyclic) bond motifs is 4. The molecule has 2 aliphatic rings. The highest BCUT2D eigenvalue weighted by molar-refractivity contribution is 6.30. The molecule has 1 saturated heterocycles. The van der Waals surface area contributed by atoms with Gasteiger partial charge in [-0.25, -0.2) is 0 Å². The zero-order valence-electron chi connectivity index (χ0n) is 12.7. The van der Waals surface area contributed by atoms with Gasteiger partial charge in [-0.05, 0) is 30.5 Å². The van der Waals surface area contributed by atoms with Crippen LogP contribution in [0.3, 0.4) is 0 Å². The smallest absolute Gasteiger partial charge is 0.507 e. The van der Waals surface area contributed by atoms with Crippen LogP contribution in [0.15, 0.2) is 18.2 Å². The van der Waals surface area contributed by atoms with E-state index in [1.165, 1.54) is 6.07 Å². The molecule has 2 unspecified atom stereocenters. The molecule has 0 amide bonds. The van der Waals surface area contributed by atoms with Crippen LogP contribution in [0.1, 0.15) is 30.1 Å². The van der Waals surface area contributed by atoms with Crippen LogP contribution in [0.25, 0.3) is 11.3 Å². The number of halogens is 4. The van der Waals surface area contributed by atoms with Crippen molar-refractivity contribution < 1.29 is 27.8 Å². The van der Waals surface area contributed by atoms with E-state index in [2.05, 4.69) is 14.9 Å². The third-order valence-corrected chi connectivity index (χ3v) is 4.67. The van der Waals surface area contributed by atoms with Crippen LogP contribution in [0.4, 0.5) is 13.2 Å². The molecule has 0 radical (unpaired) electrons. The molecule has 1 fully saturated rings. The molecule has 3 heterocycles. The Balaban J connectivity index is 1.77. The molecule has 0 saturated carbocycles. The summed E-state index contributed by atoms with van der Waals surface area (Å²) in [5.74, 6) is -0.882. The van der Waals surface area contributed by atoms with E-state index in [4.69, 9.17) is 16.3 Å². The summed E-state index contributed by atoms with van der Waals surface area (Å²) in [7, 11) is 0. The van der Waals surface area contributed by atoms with Crippen LogP contribution in [-0.4, -0.2) is 27.8 Å². The maximum absolute atomic E-state index is 12.3. The number of alkyl halides is 3. The summed E-state index contributed by atoms with van der Waals surface area (Å²) in [6, 6.07) is 3.35. The lowest BCUT2D eigenvalue weighted by molar-refractivity contribution is -0.274. The quantitative estimate of drug-likeness (QED) is 0.856. The van der Waals surface area contributed by atoms with Gasteiger partial charge in [0.15, 0.2) is 5.15 Å².